The Hall–Kier alpha value is -0.770. The van der Waals surface area contributed by atoms with Gasteiger partial charge in [0.15, 0.2) is 5.96 Å². The molecule has 2 saturated heterocycles. The van der Waals surface area contributed by atoms with Gasteiger partial charge in [0.1, 0.15) is 0 Å². The molecule has 0 bridgehead atoms. The summed E-state index contributed by atoms with van der Waals surface area (Å²) in [5, 5.41) is 0. The number of likely N-dealkylation sites (tertiary alicyclic amines) is 2. The van der Waals surface area contributed by atoms with E-state index in [0.29, 0.717) is 12.0 Å². The SMILES string of the molecule is CC(C)CN=C(N)N1CCC(N2CCCCC2)C1. The molecule has 1 unspecified atom stereocenters. The second kappa shape index (κ2) is 6.41. The summed E-state index contributed by atoms with van der Waals surface area (Å²) in [5.74, 6) is 1.34. The summed E-state index contributed by atoms with van der Waals surface area (Å²) < 4.78 is 0. The second-order valence-electron chi connectivity index (χ2n) is 6.08. The zero-order valence-corrected chi connectivity index (χ0v) is 11.9. The van der Waals surface area contributed by atoms with Gasteiger partial charge in [-0.1, -0.05) is 20.3 Å². The zero-order chi connectivity index (χ0) is 13.0. The van der Waals surface area contributed by atoms with Crippen LogP contribution >= 0.6 is 0 Å². The van der Waals surface area contributed by atoms with Gasteiger partial charge in [-0.05, 0) is 38.3 Å². The minimum Gasteiger partial charge on any atom is -0.370 e. The van der Waals surface area contributed by atoms with E-state index in [1.54, 1.807) is 0 Å². The monoisotopic (exact) mass is 252 g/mol. The van der Waals surface area contributed by atoms with E-state index in [9.17, 15) is 0 Å². The van der Waals surface area contributed by atoms with Gasteiger partial charge in [0.05, 0.1) is 0 Å². The molecular formula is C14H28N4. The van der Waals surface area contributed by atoms with Crippen LogP contribution in [-0.4, -0.2) is 54.5 Å². The molecule has 2 N–H and O–H groups in total. The topological polar surface area (TPSA) is 44.9 Å². The third-order valence-corrected chi connectivity index (χ3v) is 4.01. The Morgan fingerprint density at radius 1 is 1.22 bits per heavy atom. The Morgan fingerprint density at radius 3 is 2.61 bits per heavy atom. The summed E-state index contributed by atoms with van der Waals surface area (Å²) in [5.41, 5.74) is 6.08. The van der Waals surface area contributed by atoms with E-state index >= 15 is 0 Å². The molecule has 2 rings (SSSR count). The van der Waals surface area contributed by atoms with E-state index in [-0.39, 0.29) is 0 Å². The second-order valence-corrected chi connectivity index (χ2v) is 6.08. The smallest absolute Gasteiger partial charge is 0.191 e. The van der Waals surface area contributed by atoms with Crippen LogP contribution in [0.25, 0.3) is 0 Å². The number of rotatable bonds is 3. The van der Waals surface area contributed by atoms with Gasteiger partial charge in [0.2, 0.25) is 0 Å². The summed E-state index contributed by atoms with van der Waals surface area (Å²) in [4.78, 5) is 9.40. The van der Waals surface area contributed by atoms with Crippen molar-refractivity contribution in [2.45, 2.75) is 45.6 Å². The van der Waals surface area contributed by atoms with Crippen molar-refractivity contribution in [3.63, 3.8) is 0 Å². The van der Waals surface area contributed by atoms with E-state index in [1.807, 2.05) is 0 Å². The Balaban J connectivity index is 1.81. The summed E-state index contributed by atoms with van der Waals surface area (Å²) in [6.45, 7) is 9.91. The quantitative estimate of drug-likeness (QED) is 0.612. The van der Waals surface area contributed by atoms with Crippen LogP contribution in [0.5, 0.6) is 0 Å². The Kier molecular flexibility index (Phi) is 4.87. The van der Waals surface area contributed by atoms with E-state index in [2.05, 4.69) is 28.6 Å². The zero-order valence-electron chi connectivity index (χ0n) is 11.9. The van der Waals surface area contributed by atoms with E-state index < -0.39 is 0 Å². The number of hydrogen-bond donors (Lipinski definition) is 1. The van der Waals surface area contributed by atoms with Crippen molar-refractivity contribution in [1.29, 1.82) is 0 Å². The molecule has 2 heterocycles. The van der Waals surface area contributed by atoms with Crippen molar-refractivity contribution in [3.05, 3.63) is 0 Å². The highest BCUT2D eigenvalue weighted by Crippen LogP contribution is 2.19. The molecule has 2 aliphatic rings. The van der Waals surface area contributed by atoms with Crippen molar-refractivity contribution < 1.29 is 0 Å². The first-order chi connectivity index (χ1) is 8.66. The van der Waals surface area contributed by atoms with Crippen LogP contribution in [0.2, 0.25) is 0 Å². The van der Waals surface area contributed by atoms with Crippen LogP contribution in [0.1, 0.15) is 39.5 Å². The predicted molar refractivity (Wildman–Crippen MR) is 76.7 cm³/mol. The first-order valence-corrected chi connectivity index (χ1v) is 7.45. The molecule has 2 fully saturated rings. The lowest BCUT2D eigenvalue weighted by atomic mass is 10.1. The van der Waals surface area contributed by atoms with Crippen molar-refractivity contribution in [1.82, 2.24) is 9.80 Å². The molecule has 0 aromatic heterocycles. The molecule has 1 atom stereocenters. The molecule has 0 radical (unpaired) electrons. The highest BCUT2D eigenvalue weighted by Gasteiger charge is 2.29. The Morgan fingerprint density at radius 2 is 1.94 bits per heavy atom. The van der Waals surface area contributed by atoms with Crippen molar-refractivity contribution in [3.8, 4) is 0 Å². The standard InChI is InChI=1S/C14H28N4/c1-12(2)10-16-14(15)18-9-6-13(11-18)17-7-4-3-5-8-17/h12-13H,3-11H2,1-2H3,(H2,15,16). The number of hydrogen-bond acceptors (Lipinski definition) is 2. The molecule has 104 valence electrons. The number of aliphatic imine (C=N–C) groups is 1. The molecule has 0 aliphatic carbocycles. The normalized spacial score (nSPS) is 27.2. The van der Waals surface area contributed by atoms with Crippen LogP contribution < -0.4 is 5.73 Å². The molecule has 0 aromatic carbocycles. The Labute approximate surface area is 111 Å². The van der Waals surface area contributed by atoms with Crippen LogP contribution in [0.4, 0.5) is 0 Å². The largest absolute Gasteiger partial charge is 0.370 e. The molecule has 4 heteroatoms. The van der Waals surface area contributed by atoms with Crippen molar-refractivity contribution >= 4 is 5.96 Å². The highest BCUT2D eigenvalue weighted by atomic mass is 15.3. The van der Waals surface area contributed by atoms with E-state index in [0.717, 1.165) is 25.6 Å². The number of piperidine rings is 1. The predicted octanol–water partition coefficient (Wildman–Crippen LogP) is 1.52. The van der Waals surface area contributed by atoms with Gasteiger partial charge in [-0.3, -0.25) is 9.89 Å². The van der Waals surface area contributed by atoms with E-state index in [1.165, 1.54) is 38.8 Å². The summed E-state index contributed by atoms with van der Waals surface area (Å²) in [7, 11) is 0. The lowest BCUT2D eigenvalue weighted by Crippen LogP contribution is -2.43. The lowest BCUT2D eigenvalue weighted by molar-refractivity contribution is 0.169. The third kappa shape index (κ3) is 3.61. The maximum absolute atomic E-state index is 6.08. The fraction of sp³-hybridized carbons (Fsp3) is 0.929. The minimum atomic E-state index is 0.587. The average Bonchev–Trinajstić information content (AvgIpc) is 2.86. The molecule has 0 spiro atoms. The van der Waals surface area contributed by atoms with Crippen LogP contribution in [-0.2, 0) is 0 Å². The maximum atomic E-state index is 6.08. The highest BCUT2D eigenvalue weighted by molar-refractivity contribution is 5.78. The molecule has 2 aliphatic heterocycles. The average molecular weight is 252 g/mol. The molecule has 0 saturated carbocycles. The molecular weight excluding hydrogens is 224 g/mol. The van der Waals surface area contributed by atoms with Gasteiger partial charge in [-0.2, -0.15) is 0 Å². The van der Waals surface area contributed by atoms with Crippen LogP contribution in [0.3, 0.4) is 0 Å². The van der Waals surface area contributed by atoms with Gasteiger partial charge in [-0.15, -0.1) is 0 Å². The minimum absolute atomic E-state index is 0.587. The van der Waals surface area contributed by atoms with Gasteiger partial charge in [0.25, 0.3) is 0 Å². The van der Waals surface area contributed by atoms with Gasteiger partial charge in [0, 0.05) is 25.7 Å². The lowest BCUT2D eigenvalue weighted by Gasteiger charge is -2.32. The first kappa shape index (κ1) is 13.7. The van der Waals surface area contributed by atoms with Crippen LogP contribution in [0.15, 0.2) is 4.99 Å². The number of guanidine groups is 1. The summed E-state index contributed by atoms with van der Waals surface area (Å²) >= 11 is 0. The summed E-state index contributed by atoms with van der Waals surface area (Å²) in [6, 6.07) is 0.707. The fourth-order valence-electron chi connectivity index (χ4n) is 2.91. The molecule has 4 nitrogen and oxygen atoms in total. The molecule has 0 amide bonds. The maximum Gasteiger partial charge on any atom is 0.191 e. The van der Waals surface area contributed by atoms with Crippen molar-refractivity contribution in [2.24, 2.45) is 16.6 Å². The first-order valence-electron chi connectivity index (χ1n) is 7.45. The Bertz CT molecular complexity index is 282. The van der Waals surface area contributed by atoms with Gasteiger partial charge in [-0.25, -0.2) is 0 Å². The molecule has 0 aromatic rings. The van der Waals surface area contributed by atoms with Crippen LogP contribution in [0, 0.1) is 5.92 Å². The summed E-state index contributed by atoms with van der Waals surface area (Å²) in [6.07, 6.45) is 5.39. The molecule has 18 heavy (non-hydrogen) atoms. The number of nitrogens with two attached hydrogens (primary N) is 1. The van der Waals surface area contributed by atoms with Gasteiger partial charge >= 0.3 is 0 Å². The van der Waals surface area contributed by atoms with Gasteiger partial charge < -0.3 is 10.6 Å². The van der Waals surface area contributed by atoms with Crippen molar-refractivity contribution in [2.75, 3.05) is 32.7 Å². The fourth-order valence-corrected chi connectivity index (χ4v) is 2.91. The van der Waals surface area contributed by atoms with E-state index in [4.69, 9.17) is 5.73 Å². The number of nitrogens with zero attached hydrogens (tertiary/aromatic N) is 3. The third-order valence-electron chi connectivity index (χ3n) is 4.01.